The van der Waals surface area contributed by atoms with Crippen LogP contribution in [0.5, 0.6) is 5.75 Å². The van der Waals surface area contributed by atoms with Crippen molar-refractivity contribution in [1.29, 1.82) is 0 Å². The Balaban J connectivity index is 1.44. The summed E-state index contributed by atoms with van der Waals surface area (Å²) in [6.45, 7) is 0.460. The second kappa shape index (κ2) is 12.6. The van der Waals surface area contributed by atoms with Gasteiger partial charge in [0.05, 0.1) is 19.6 Å². The van der Waals surface area contributed by atoms with Crippen molar-refractivity contribution in [3.8, 4) is 5.75 Å². The highest BCUT2D eigenvalue weighted by Gasteiger charge is 2.59. The number of fused-ring (bicyclic) bond motifs is 2. The van der Waals surface area contributed by atoms with Gasteiger partial charge in [-0.05, 0) is 54.2 Å². The zero-order chi connectivity index (χ0) is 31.6. The molecule has 3 amide bonds. The third kappa shape index (κ3) is 5.46. The Bertz CT molecular complexity index is 1750. The Kier molecular flexibility index (Phi) is 8.40. The first-order valence-corrected chi connectivity index (χ1v) is 15.1. The lowest BCUT2D eigenvalue weighted by molar-refractivity contribution is -0.145. The predicted octanol–water partition coefficient (Wildman–Crippen LogP) is 3.83. The van der Waals surface area contributed by atoms with Crippen molar-refractivity contribution in [3.63, 3.8) is 0 Å². The fourth-order valence-corrected chi connectivity index (χ4v) is 6.91. The number of benzene rings is 3. The number of nitrogens with one attached hydrogen (secondary N) is 2. The molecule has 1 aromatic heterocycles. The minimum atomic E-state index is -1.86. The summed E-state index contributed by atoms with van der Waals surface area (Å²) in [6, 6.07) is 23.7. The standard InChI is InChI=1S/C35H36N4O6/c1-44-31-15-7-14-28-25(31)18-29(38-28)33(42)39-19-24-11-5-6-13-26(24)35(39,34(36)43)27(17-23-12-8-16-37-32(23)41)30(40)21-45-20-22-9-3-2-4-10-22/h2-7,9-11,13-15,18,23,27,38H,8,12,16-17,19-21H2,1H3,(H2,36,43)(H,37,41)/t23-,27+,35?/m0/s1. The van der Waals surface area contributed by atoms with E-state index in [2.05, 4.69) is 10.3 Å². The third-order valence-corrected chi connectivity index (χ3v) is 9.05. The highest BCUT2D eigenvalue weighted by Crippen LogP contribution is 2.48. The molecule has 0 radical (unpaired) electrons. The number of Topliss-reactive ketones (excluding diaryl/α,β-unsaturated/α-hetero) is 1. The molecule has 4 N–H and O–H groups in total. The van der Waals surface area contributed by atoms with E-state index in [9.17, 15) is 19.2 Å². The number of primary amides is 1. The predicted molar refractivity (Wildman–Crippen MR) is 167 cm³/mol. The first-order chi connectivity index (χ1) is 21.8. The first-order valence-electron chi connectivity index (χ1n) is 15.1. The zero-order valence-corrected chi connectivity index (χ0v) is 25.1. The van der Waals surface area contributed by atoms with Gasteiger partial charge in [0, 0.05) is 29.9 Å². The molecule has 0 aliphatic carbocycles. The highest BCUT2D eigenvalue weighted by atomic mass is 16.5. The maximum absolute atomic E-state index is 14.5. The minimum Gasteiger partial charge on any atom is -0.496 e. The molecule has 0 saturated carbocycles. The lowest BCUT2D eigenvalue weighted by Crippen LogP contribution is -2.61. The van der Waals surface area contributed by atoms with Crippen LogP contribution >= 0.6 is 0 Å². The van der Waals surface area contributed by atoms with Crippen LogP contribution in [0.25, 0.3) is 10.9 Å². The fraction of sp³-hybridized carbons (Fsp3) is 0.314. The number of carbonyl (C=O) groups is 4. The molecule has 2 aliphatic heterocycles. The molecule has 45 heavy (non-hydrogen) atoms. The van der Waals surface area contributed by atoms with Crippen molar-refractivity contribution in [2.45, 2.75) is 38.0 Å². The van der Waals surface area contributed by atoms with Gasteiger partial charge in [-0.2, -0.15) is 0 Å². The number of ether oxygens (including phenoxy) is 2. The topological polar surface area (TPSA) is 144 Å². The van der Waals surface area contributed by atoms with E-state index < -0.39 is 35.0 Å². The first kappa shape index (κ1) is 30.1. The van der Waals surface area contributed by atoms with Gasteiger partial charge in [0.1, 0.15) is 18.1 Å². The Hall–Kier alpha value is -4.96. The summed E-state index contributed by atoms with van der Waals surface area (Å²) < 4.78 is 11.4. The highest BCUT2D eigenvalue weighted by molar-refractivity contribution is 6.05. The van der Waals surface area contributed by atoms with Gasteiger partial charge in [0.15, 0.2) is 11.3 Å². The third-order valence-electron chi connectivity index (χ3n) is 9.05. The lowest BCUT2D eigenvalue weighted by atomic mass is 9.70. The number of piperidine rings is 1. The molecule has 0 bridgehead atoms. The SMILES string of the molecule is COc1cccc2[nH]c(C(=O)N3Cc4ccccc4C3(C(N)=O)[C@H](C[C@@H]3CCCNC3=O)C(=O)COCc3ccccc3)cc12. The van der Waals surface area contributed by atoms with Crippen LogP contribution in [0.1, 0.15) is 46.4 Å². The van der Waals surface area contributed by atoms with E-state index in [4.69, 9.17) is 15.2 Å². The molecule has 3 aromatic carbocycles. The summed E-state index contributed by atoms with van der Waals surface area (Å²) in [4.78, 5) is 60.4. The maximum atomic E-state index is 14.5. The molecule has 10 heteroatoms. The normalized spacial score (nSPS) is 20.0. The van der Waals surface area contributed by atoms with Gasteiger partial charge in [-0.25, -0.2) is 0 Å². The summed E-state index contributed by atoms with van der Waals surface area (Å²) in [7, 11) is 1.55. The number of amides is 3. The van der Waals surface area contributed by atoms with Crippen molar-refractivity contribution < 1.29 is 28.7 Å². The van der Waals surface area contributed by atoms with E-state index in [1.54, 1.807) is 31.4 Å². The second-order valence-corrected chi connectivity index (χ2v) is 11.6. The number of ketones is 1. The molecule has 3 heterocycles. The average Bonchev–Trinajstić information content (AvgIpc) is 3.65. The van der Waals surface area contributed by atoms with Gasteiger partial charge in [-0.3, -0.25) is 19.2 Å². The minimum absolute atomic E-state index is 0.0287. The number of nitrogens with two attached hydrogens (primary N) is 1. The molecular weight excluding hydrogens is 572 g/mol. The monoisotopic (exact) mass is 608 g/mol. The Labute approximate surface area is 260 Å². The van der Waals surface area contributed by atoms with Crippen LogP contribution in [0.15, 0.2) is 78.9 Å². The van der Waals surface area contributed by atoms with Crippen LogP contribution in [0.4, 0.5) is 0 Å². The molecule has 2 aliphatic rings. The molecular formula is C35H36N4O6. The number of H-pyrrole nitrogens is 1. The molecule has 1 saturated heterocycles. The van der Waals surface area contributed by atoms with Crippen LogP contribution in [0, 0.1) is 11.8 Å². The van der Waals surface area contributed by atoms with Crippen LogP contribution in [-0.2, 0) is 37.8 Å². The van der Waals surface area contributed by atoms with Gasteiger partial charge in [-0.15, -0.1) is 0 Å². The molecule has 1 fully saturated rings. The smallest absolute Gasteiger partial charge is 0.271 e. The molecule has 4 aromatic rings. The lowest BCUT2D eigenvalue weighted by Gasteiger charge is -2.43. The molecule has 0 spiro atoms. The summed E-state index contributed by atoms with van der Waals surface area (Å²) >= 11 is 0. The van der Waals surface area contributed by atoms with Crippen LogP contribution in [0.3, 0.4) is 0 Å². The van der Waals surface area contributed by atoms with E-state index in [0.717, 1.165) is 12.0 Å². The summed E-state index contributed by atoms with van der Waals surface area (Å²) in [5.74, 6) is -3.04. The van der Waals surface area contributed by atoms with Crippen LogP contribution in [-0.4, -0.2) is 53.7 Å². The van der Waals surface area contributed by atoms with Gasteiger partial charge in [-0.1, -0.05) is 60.7 Å². The molecule has 6 rings (SSSR count). The van der Waals surface area contributed by atoms with Crippen LogP contribution in [0.2, 0.25) is 0 Å². The van der Waals surface area contributed by atoms with E-state index in [1.165, 1.54) is 4.90 Å². The summed E-state index contributed by atoms with van der Waals surface area (Å²) in [5.41, 5.74) is 7.42. The average molecular weight is 609 g/mol. The van der Waals surface area contributed by atoms with E-state index >= 15 is 0 Å². The molecule has 1 unspecified atom stereocenters. The summed E-state index contributed by atoms with van der Waals surface area (Å²) in [6.07, 6.45) is 1.31. The number of aromatic nitrogens is 1. The van der Waals surface area contributed by atoms with Crippen molar-refractivity contribution in [2.24, 2.45) is 17.6 Å². The number of rotatable bonds is 11. The zero-order valence-electron chi connectivity index (χ0n) is 25.1. The number of carbonyl (C=O) groups excluding carboxylic acids is 4. The second-order valence-electron chi connectivity index (χ2n) is 11.6. The number of nitrogens with zero attached hydrogens (tertiary/aromatic N) is 1. The number of methoxy groups -OCH3 is 1. The van der Waals surface area contributed by atoms with Crippen molar-refractivity contribution in [3.05, 3.63) is 101 Å². The quantitative estimate of drug-likeness (QED) is 0.236. The molecule has 232 valence electrons. The van der Waals surface area contributed by atoms with Crippen LogP contribution < -0.4 is 15.8 Å². The molecule has 10 nitrogen and oxygen atoms in total. The fourth-order valence-electron chi connectivity index (χ4n) is 6.91. The van der Waals surface area contributed by atoms with Gasteiger partial charge in [0.2, 0.25) is 11.8 Å². The number of hydrogen-bond acceptors (Lipinski definition) is 6. The van der Waals surface area contributed by atoms with Gasteiger partial charge in [0.25, 0.3) is 5.91 Å². The van der Waals surface area contributed by atoms with E-state index in [0.29, 0.717) is 40.7 Å². The van der Waals surface area contributed by atoms with E-state index in [1.807, 2.05) is 54.6 Å². The number of aromatic amines is 1. The Morgan fingerprint density at radius 2 is 1.82 bits per heavy atom. The van der Waals surface area contributed by atoms with Gasteiger partial charge < -0.3 is 30.4 Å². The van der Waals surface area contributed by atoms with Crippen molar-refractivity contribution in [1.82, 2.24) is 15.2 Å². The maximum Gasteiger partial charge on any atom is 0.271 e. The Morgan fingerprint density at radius 1 is 1.04 bits per heavy atom. The number of hydrogen-bond donors (Lipinski definition) is 3. The molecule has 3 atom stereocenters. The van der Waals surface area contributed by atoms with Crippen molar-refractivity contribution >= 4 is 34.4 Å². The summed E-state index contributed by atoms with van der Waals surface area (Å²) in [5, 5.41) is 3.58. The van der Waals surface area contributed by atoms with Gasteiger partial charge >= 0.3 is 0 Å². The van der Waals surface area contributed by atoms with E-state index in [-0.39, 0.29) is 37.8 Å². The largest absolute Gasteiger partial charge is 0.496 e. The van der Waals surface area contributed by atoms with Crippen molar-refractivity contribution in [2.75, 3.05) is 20.3 Å². The Morgan fingerprint density at radius 3 is 2.58 bits per heavy atom.